The molecule has 0 aliphatic heterocycles. The average molecular weight is 253 g/mol. The van der Waals surface area contributed by atoms with Gasteiger partial charge in [0.25, 0.3) is 0 Å². The number of amides is 1. The molecule has 2 unspecified atom stereocenters. The summed E-state index contributed by atoms with van der Waals surface area (Å²) in [6.45, 7) is 1.67. The monoisotopic (exact) mass is 253 g/mol. The number of aliphatic hydroxyl groups is 2. The van der Waals surface area contributed by atoms with E-state index in [9.17, 15) is 19.8 Å². The van der Waals surface area contributed by atoms with Gasteiger partial charge in [0.05, 0.1) is 12.7 Å². The fourth-order valence-electron chi connectivity index (χ4n) is 1.53. The molecule has 0 bridgehead atoms. The van der Waals surface area contributed by atoms with Crippen molar-refractivity contribution in [3.63, 3.8) is 0 Å². The van der Waals surface area contributed by atoms with Gasteiger partial charge in [0.2, 0.25) is 5.91 Å². The summed E-state index contributed by atoms with van der Waals surface area (Å²) in [6.07, 6.45) is -3.20. The first-order valence-electron chi connectivity index (χ1n) is 5.22. The highest BCUT2D eigenvalue weighted by molar-refractivity contribution is 5.89. The number of benzene rings is 1. The number of aryl methyl sites for hydroxylation is 1. The van der Waals surface area contributed by atoms with Gasteiger partial charge in [-0.05, 0) is 30.2 Å². The zero-order valence-electron chi connectivity index (χ0n) is 10.1. The standard InChI is InChI=1S/C12H15NO5/c1-6-3-4-7(12(17)18-2)5-8(6)9(14)10(15)11(13)16/h3-5,9-10,14-15H,1-2H3,(H2,13,16). The third kappa shape index (κ3) is 2.85. The van der Waals surface area contributed by atoms with Crippen LogP contribution >= 0.6 is 0 Å². The Morgan fingerprint density at radius 2 is 1.94 bits per heavy atom. The fraction of sp³-hybridized carbons (Fsp3) is 0.333. The second-order valence-corrected chi connectivity index (χ2v) is 3.85. The SMILES string of the molecule is COC(=O)c1ccc(C)c(C(O)C(O)C(N)=O)c1. The number of methoxy groups -OCH3 is 1. The highest BCUT2D eigenvalue weighted by Crippen LogP contribution is 2.22. The van der Waals surface area contributed by atoms with E-state index in [4.69, 9.17) is 5.73 Å². The van der Waals surface area contributed by atoms with Gasteiger partial charge in [-0.3, -0.25) is 4.79 Å². The summed E-state index contributed by atoms with van der Waals surface area (Å²) in [5, 5.41) is 19.2. The molecule has 6 nitrogen and oxygen atoms in total. The number of ether oxygens (including phenoxy) is 1. The van der Waals surface area contributed by atoms with E-state index in [1.807, 2.05) is 0 Å². The average Bonchev–Trinajstić information content (AvgIpc) is 2.36. The van der Waals surface area contributed by atoms with Crippen LogP contribution < -0.4 is 5.73 Å². The third-order valence-corrected chi connectivity index (χ3v) is 2.61. The van der Waals surface area contributed by atoms with E-state index in [0.717, 1.165) is 0 Å². The van der Waals surface area contributed by atoms with E-state index >= 15 is 0 Å². The zero-order chi connectivity index (χ0) is 13.9. The molecule has 0 heterocycles. The normalized spacial score (nSPS) is 13.8. The smallest absolute Gasteiger partial charge is 0.337 e. The molecule has 1 aromatic carbocycles. The van der Waals surface area contributed by atoms with Crippen LogP contribution in [-0.2, 0) is 9.53 Å². The van der Waals surface area contributed by atoms with Crippen LogP contribution in [0.2, 0.25) is 0 Å². The Bertz CT molecular complexity index is 472. The van der Waals surface area contributed by atoms with Gasteiger partial charge in [-0.2, -0.15) is 0 Å². The van der Waals surface area contributed by atoms with Gasteiger partial charge in [0.15, 0.2) is 6.10 Å². The topological polar surface area (TPSA) is 110 Å². The van der Waals surface area contributed by atoms with Crippen molar-refractivity contribution in [3.8, 4) is 0 Å². The minimum absolute atomic E-state index is 0.217. The Balaban J connectivity index is 3.15. The van der Waals surface area contributed by atoms with Gasteiger partial charge in [-0.1, -0.05) is 6.07 Å². The maximum Gasteiger partial charge on any atom is 0.337 e. The fourth-order valence-corrected chi connectivity index (χ4v) is 1.53. The lowest BCUT2D eigenvalue weighted by molar-refractivity contribution is -0.132. The number of carbonyl (C=O) groups excluding carboxylic acids is 2. The molecule has 0 aliphatic carbocycles. The summed E-state index contributed by atoms with van der Waals surface area (Å²) in [6, 6.07) is 4.46. The van der Waals surface area contributed by atoms with Crippen LogP contribution in [0.4, 0.5) is 0 Å². The third-order valence-electron chi connectivity index (χ3n) is 2.61. The number of aliphatic hydroxyl groups excluding tert-OH is 2. The van der Waals surface area contributed by atoms with Crippen LogP contribution in [0.25, 0.3) is 0 Å². The number of nitrogens with two attached hydrogens (primary N) is 1. The molecule has 4 N–H and O–H groups in total. The van der Waals surface area contributed by atoms with Crippen LogP contribution in [0.5, 0.6) is 0 Å². The summed E-state index contributed by atoms with van der Waals surface area (Å²) in [5.74, 6) is -1.61. The molecule has 18 heavy (non-hydrogen) atoms. The number of primary amides is 1. The Morgan fingerprint density at radius 3 is 2.44 bits per heavy atom. The van der Waals surface area contributed by atoms with Crippen molar-refractivity contribution in [2.75, 3.05) is 7.11 Å². The van der Waals surface area contributed by atoms with Gasteiger partial charge in [-0.15, -0.1) is 0 Å². The molecule has 98 valence electrons. The van der Waals surface area contributed by atoms with Gasteiger partial charge in [0, 0.05) is 0 Å². The van der Waals surface area contributed by atoms with E-state index in [0.29, 0.717) is 5.56 Å². The van der Waals surface area contributed by atoms with Gasteiger partial charge < -0.3 is 20.7 Å². The van der Waals surface area contributed by atoms with E-state index in [1.165, 1.54) is 19.2 Å². The molecule has 1 amide bonds. The van der Waals surface area contributed by atoms with Crippen molar-refractivity contribution in [2.45, 2.75) is 19.1 Å². The molecule has 1 aromatic rings. The second kappa shape index (κ2) is 5.61. The van der Waals surface area contributed by atoms with Crippen molar-refractivity contribution in [1.82, 2.24) is 0 Å². The molecule has 0 aromatic heterocycles. The molecule has 0 fully saturated rings. The maximum absolute atomic E-state index is 11.3. The molecule has 2 atom stereocenters. The number of hydrogen-bond donors (Lipinski definition) is 3. The molecule has 0 saturated heterocycles. The summed E-state index contributed by atoms with van der Waals surface area (Å²) in [4.78, 5) is 22.2. The Hall–Kier alpha value is -1.92. The molecule has 0 aliphatic rings. The molecule has 0 radical (unpaired) electrons. The number of esters is 1. The lowest BCUT2D eigenvalue weighted by Crippen LogP contribution is -2.34. The van der Waals surface area contributed by atoms with Crippen molar-refractivity contribution in [1.29, 1.82) is 0 Å². The Labute approximate surface area is 104 Å². The van der Waals surface area contributed by atoms with Gasteiger partial charge in [0.1, 0.15) is 6.10 Å². The van der Waals surface area contributed by atoms with Crippen LogP contribution in [0.3, 0.4) is 0 Å². The maximum atomic E-state index is 11.3. The first-order valence-corrected chi connectivity index (χ1v) is 5.22. The quantitative estimate of drug-likeness (QED) is 0.636. The highest BCUT2D eigenvalue weighted by Gasteiger charge is 2.25. The van der Waals surface area contributed by atoms with Crippen molar-refractivity contribution in [2.24, 2.45) is 5.73 Å². The minimum atomic E-state index is -1.73. The van der Waals surface area contributed by atoms with Crippen molar-refractivity contribution >= 4 is 11.9 Å². The predicted molar refractivity (Wildman–Crippen MR) is 62.7 cm³/mol. The summed E-state index contributed by atoms with van der Waals surface area (Å²) >= 11 is 0. The highest BCUT2D eigenvalue weighted by atomic mass is 16.5. The zero-order valence-corrected chi connectivity index (χ0v) is 10.1. The summed E-state index contributed by atoms with van der Waals surface area (Å²) in [7, 11) is 1.23. The summed E-state index contributed by atoms with van der Waals surface area (Å²) < 4.78 is 4.54. The second-order valence-electron chi connectivity index (χ2n) is 3.85. The van der Waals surface area contributed by atoms with E-state index < -0.39 is 24.1 Å². The molecule has 1 rings (SSSR count). The molecular weight excluding hydrogens is 238 g/mol. The van der Waals surface area contributed by atoms with E-state index in [-0.39, 0.29) is 11.1 Å². The first-order chi connectivity index (χ1) is 8.38. The van der Waals surface area contributed by atoms with Crippen LogP contribution in [-0.4, -0.2) is 35.3 Å². The largest absolute Gasteiger partial charge is 0.465 e. The van der Waals surface area contributed by atoms with Crippen molar-refractivity contribution in [3.05, 3.63) is 34.9 Å². The lowest BCUT2D eigenvalue weighted by atomic mass is 9.97. The molecule has 0 saturated carbocycles. The Morgan fingerprint density at radius 1 is 1.33 bits per heavy atom. The van der Waals surface area contributed by atoms with Gasteiger partial charge >= 0.3 is 5.97 Å². The van der Waals surface area contributed by atoms with Crippen LogP contribution in [0.1, 0.15) is 27.6 Å². The lowest BCUT2D eigenvalue weighted by Gasteiger charge is -2.18. The van der Waals surface area contributed by atoms with Crippen LogP contribution in [0, 0.1) is 6.92 Å². The Kier molecular flexibility index (Phi) is 4.41. The van der Waals surface area contributed by atoms with Gasteiger partial charge in [-0.25, -0.2) is 4.79 Å². The molecule has 0 spiro atoms. The van der Waals surface area contributed by atoms with Crippen molar-refractivity contribution < 1.29 is 24.5 Å². The number of carbonyl (C=O) groups is 2. The minimum Gasteiger partial charge on any atom is -0.465 e. The van der Waals surface area contributed by atoms with Crippen LogP contribution in [0.15, 0.2) is 18.2 Å². The first kappa shape index (κ1) is 14.1. The molecule has 6 heteroatoms. The van der Waals surface area contributed by atoms with E-state index in [1.54, 1.807) is 13.0 Å². The molecular formula is C12H15NO5. The summed E-state index contributed by atoms with van der Waals surface area (Å²) in [5.41, 5.74) is 6.00. The number of hydrogen-bond acceptors (Lipinski definition) is 5. The predicted octanol–water partition coefficient (Wildman–Crippen LogP) is -0.339. The van der Waals surface area contributed by atoms with E-state index in [2.05, 4.69) is 4.74 Å². The number of rotatable bonds is 4.